The predicted molar refractivity (Wildman–Crippen MR) is 55.0 cm³/mol. The standard InChI is InChI=1S/C11H12O4/c1-8(11(13)14)5-6-15-10-4-2-3-9(12)7-10/h2-4,7,12H,1,5-6H2,(H,13,14). The second kappa shape index (κ2) is 5.05. The summed E-state index contributed by atoms with van der Waals surface area (Å²) in [5, 5.41) is 17.6. The lowest BCUT2D eigenvalue weighted by molar-refractivity contribution is -0.132. The molecular weight excluding hydrogens is 196 g/mol. The maximum Gasteiger partial charge on any atom is 0.331 e. The van der Waals surface area contributed by atoms with Crippen molar-refractivity contribution in [1.82, 2.24) is 0 Å². The van der Waals surface area contributed by atoms with Gasteiger partial charge in [0.05, 0.1) is 6.61 Å². The van der Waals surface area contributed by atoms with E-state index in [1.165, 1.54) is 12.1 Å². The minimum absolute atomic E-state index is 0.107. The number of carbonyl (C=O) groups is 1. The van der Waals surface area contributed by atoms with Crippen LogP contribution < -0.4 is 4.74 Å². The zero-order chi connectivity index (χ0) is 11.3. The molecule has 0 fully saturated rings. The van der Waals surface area contributed by atoms with Crippen LogP contribution in [0.25, 0.3) is 0 Å². The summed E-state index contributed by atoms with van der Waals surface area (Å²) >= 11 is 0. The number of rotatable bonds is 5. The Kier molecular flexibility index (Phi) is 3.74. The number of aliphatic carboxylic acids is 1. The Morgan fingerprint density at radius 2 is 2.20 bits per heavy atom. The summed E-state index contributed by atoms with van der Waals surface area (Å²) in [6, 6.07) is 6.33. The van der Waals surface area contributed by atoms with Crippen LogP contribution >= 0.6 is 0 Å². The summed E-state index contributed by atoms with van der Waals surface area (Å²) in [4.78, 5) is 10.4. The van der Waals surface area contributed by atoms with Crippen LogP contribution in [0.1, 0.15) is 6.42 Å². The van der Waals surface area contributed by atoms with E-state index in [1.54, 1.807) is 12.1 Å². The van der Waals surface area contributed by atoms with Gasteiger partial charge in [0.1, 0.15) is 11.5 Å². The van der Waals surface area contributed by atoms with Gasteiger partial charge >= 0.3 is 5.97 Å². The average Bonchev–Trinajstić information content (AvgIpc) is 2.17. The fourth-order valence-electron chi connectivity index (χ4n) is 0.972. The Hall–Kier alpha value is -1.97. The molecule has 1 aromatic carbocycles. The Labute approximate surface area is 87.4 Å². The molecule has 2 N–H and O–H groups in total. The maximum atomic E-state index is 10.4. The normalized spacial score (nSPS) is 9.60. The van der Waals surface area contributed by atoms with Crippen molar-refractivity contribution in [3.8, 4) is 11.5 Å². The molecule has 1 rings (SSSR count). The third-order valence-corrected chi connectivity index (χ3v) is 1.79. The second-order valence-corrected chi connectivity index (χ2v) is 3.00. The molecule has 0 amide bonds. The van der Waals surface area contributed by atoms with Gasteiger partial charge < -0.3 is 14.9 Å². The molecule has 0 radical (unpaired) electrons. The molecule has 0 bridgehead atoms. The van der Waals surface area contributed by atoms with E-state index in [9.17, 15) is 4.79 Å². The molecule has 0 unspecified atom stereocenters. The number of carboxylic acids is 1. The van der Waals surface area contributed by atoms with Gasteiger partial charge in [-0.2, -0.15) is 0 Å². The van der Waals surface area contributed by atoms with E-state index in [4.69, 9.17) is 14.9 Å². The smallest absolute Gasteiger partial charge is 0.331 e. The molecule has 0 saturated carbocycles. The summed E-state index contributed by atoms with van der Waals surface area (Å²) in [7, 11) is 0. The Balaban J connectivity index is 2.38. The summed E-state index contributed by atoms with van der Waals surface area (Å²) in [6.45, 7) is 3.60. The van der Waals surface area contributed by atoms with E-state index in [-0.39, 0.29) is 24.4 Å². The molecule has 0 aromatic heterocycles. The molecule has 0 aliphatic rings. The zero-order valence-electron chi connectivity index (χ0n) is 8.14. The topological polar surface area (TPSA) is 66.8 Å². The van der Waals surface area contributed by atoms with Gasteiger partial charge in [0, 0.05) is 18.1 Å². The van der Waals surface area contributed by atoms with Gasteiger partial charge in [0.25, 0.3) is 0 Å². The van der Waals surface area contributed by atoms with Gasteiger partial charge in [0.15, 0.2) is 0 Å². The summed E-state index contributed by atoms with van der Waals surface area (Å²) < 4.78 is 5.22. The lowest BCUT2D eigenvalue weighted by Gasteiger charge is -2.05. The molecule has 0 heterocycles. The van der Waals surface area contributed by atoms with Crippen molar-refractivity contribution in [1.29, 1.82) is 0 Å². The van der Waals surface area contributed by atoms with Crippen molar-refractivity contribution in [2.75, 3.05) is 6.61 Å². The van der Waals surface area contributed by atoms with Crippen LogP contribution in [-0.4, -0.2) is 22.8 Å². The minimum Gasteiger partial charge on any atom is -0.508 e. The second-order valence-electron chi connectivity index (χ2n) is 3.00. The molecule has 1 aromatic rings. The number of benzene rings is 1. The highest BCUT2D eigenvalue weighted by atomic mass is 16.5. The highest BCUT2D eigenvalue weighted by molar-refractivity contribution is 5.85. The maximum absolute atomic E-state index is 10.4. The van der Waals surface area contributed by atoms with E-state index in [0.717, 1.165) is 0 Å². The molecule has 4 nitrogen and oxygen atoms in total. The van der Waals surface area contributed by atoms with E-state index >= 15 is 0 Å². The predicted octanol–water partition coefficient (Wildman–Crippen LogP) is 1.80. The molecule has 80 valence electrons. The zero-order valence-corrected chi connectivity index (χ0v) is 8.14. The minimum atomic E-state index is -1.02. The summed E-state index contributed by atoms with van der Waals surface area (Å²) in [5.74, 6) is -0.396. The van der Waals surface area contributed by atoms with Crippen LogP contribution in [0.5, 0.6) is 11.5 Å². The van der Waals surface area contributed by atoms with Gasteiger partial charge in [-0.1, -0.05) is 12.6 Å². The van der Waals surface area contributed by atoms with Crippen LogP contribution in [-0.2, 0) is 4.79 Å². The molecular formula is C11H12O4. The van der Waals surface area contributed by atoms with Crippen molar-refractivity contribution < 1.29 is 19.7 Å². The first-order valence-corrected chi connectivity index (χ1v) is 4.42. The Morgan fingerprint density at radius 1 is 1.47 bits per heavy atom. The monoisotopic (exact) mass is 208 g/mol. The van der Waals surface area contributed by atoms with Crippen LogP contribution in [0.4, 0.5) is 0 Å². The van der Waals surface area contributed by atoms with Crippen molar-refractivity contribution in [2.24, 2.45) is 0 Å². The quantitative estimate of drug-likeness (QED) is 0.724. The number of hydrogen-bond donors (Lipinski definition) is 2. The fourth-order valence-corrected chi connectivity index (χ4v) is 0.972. The van der Waals surface area contributed by atoms with Gasteiger partial charge in [-0.05, 0) is 12.1 Å². The molecule has 0 spiro atoms. The van der Waals surface area contributed by atoms with Crippen LogP contribution in [0.2, 0.25) is 0 Å². The Bertz CT molecular complexity index is 371. The molecule has 0 aliphatic heterocycles. The van der Waals surface area contributed by atoms with Crippen LogP contribution in [0, 0.1) is 0 Å². The largest absolute Gasteiger partial charge is 0.508 e. The van der Waals surface area contributed by atoms with Crippen molar-refractivity contribution >= 4 is 5.97 Å². The summed E-state index contributed by atoms with van der Waals surface area (Å²) in [6.07, 6.45) is 0.255. The number of aromatic hydroxyl groups is 1. The SMILES string of the molecule is C=C(CCOc1cccc(O)c1)C(=O)O. The van der Waals surface area contributed by atoms with E-state index < -0.39 is 5.97 Å². The molecule has 4 heteroatoms. The number of phenolic OH excluding ortho intramolecular Hbond substituents is 1. The number of phenols is 1. The van der Waals surface area contributed by atoms with Crippen molar-refractivity contribution in [3.63, 3.8) is 0 Å². The number of carboxylic acid groups (broad SMARTS) is 1. The van der Waals surface area contributed by atoms with E-state index in [0.29, 0.717) is 5.75 Å². The highest BCUT2D eigenvalue weighted by Gasteiger charge is 2.03. The van der Waals surface area contributed by atoms with Gasteiger partial charge in [0.2, 0.25) is 0 Å². The molecule has 15 heavy (non-hydrogen) atoms. The van der Waals surface area contributed by atoms with E-state index in [2.05, 4.69) is 6.58 Å². The Morgan fingerprint density at radius 3 is 2.80 bits per heavy atom. The lowest BCUT2D eigenvalue weighted by Crippen LogP contribution is -2.05. The fraction of sp³-hybridized carbons (Fsp3) is 0.182. The third-order valence-electron chi connectivity index (χ3n) is 1.79. The number of hydrogen-bond acceptors (Lipinski definition) is 3. The molecule has 0 aliphatic carbocycles. The average molecular weight is 208 g/mol. The first-order chi connectivity index (χ1) is 7.09. The first kappa shape index (κ1) is 11.1. The van der Waals surface area contributed by atoms with Crippen molar-refractivity contribution in [2.45, 2.75) is 6.42 Å². The number of ether oxygens (including phenoxy) is 1. The lowest BCUT2D eigenvalue weighted by atomic mass is 10.2. The molecule has 0 atom stereocenters. The van der Waals surface area contributed by atoms with Crippen LogP contribution in [0.3, 0.4) is 0 Å². The van der Waals surface area contributed by atoms with E-state index in [1.807, 2.05) is 0 Å². The van der Waals surface area contributed by atoms with Crippen molar-refractivity contribution in [3.05, 3.63) is 36.4 Å². The van der Waals surface area contributed by atoms with Crippen LogP contribution in [0.15, 0.2) is 36.4 Å². The highest BCUT2D eigenvalue weighted by Crippen LogP contribution is 2.17. The van der Waals surface area contributed by atoms with Gasteiger partial charge in [-0.15, -0.1) is 0 Å². The summed E-state index contributed by atoms with van der Waals surface area (Å²) in [5.41, 5.74) is 0.107. The first-order valence-electron chi connectivity index (χ1n) is 4.42. The third kappa shape index (κ3) is 3.72. The molecule has 0 saturated heterocycles. The van der Waals surface area contributed by atoms with Gasteiger partial charge in [-0.25, -0.2) is 4.79 Å². The van der Waals surface area contributed by atoms with Gasteiger partial charge in [-0.3, -0.25) is 0 Å².